The lowest BCUT2D eigenvalue weighted by atomic mass is 9.96. The summed E-state index contributed by atoms with van der Waals surface area (Å²) in [7, 11) is 0. The van der Waals surface area contributed by atoms with Gasteiger partial charge in [0, 0.05) is 23.2 Å². The Balaban J connectivity index is 1.70. The van der Waals surface area contributed by atoms with Crippen molar-refractivity contribution in [3.05, 3.63) is 71.0 Å². The van der Waals surface area contributed by atoms with E-state index in [1.807, 2.05) is 0 Å². The van der Waals surface area contributed by atoms with E-state index >= 15 is 0 Å². The highest BCUT2D eigenvalue weighted by molar-refractivity contribution is 6.03. The summed E-state index contributed by atoms with van der Waals surface area (Å²) in [6, 6.07) is 12.3. The Morgan fingerprint density at radius 2 is 1.67 bits per heavy atom. The third-order valence-corrected chi connectivity index (χ3v) is 3.93. The summed E-state index contributed by atoms with van der Waals surface area (Å²) < 4.78 is 12.9. The standard InChI is InChI=1S/C18H16FN3O2/c19-15-7-5-11(6-8-15)16(23)14-9-21-18(22-10-14)13-3-1-12(2-4-13)17(20)24/h1-8,14H,9-10H2,(H2,20,24)(H,21,22). The van der Waals surface area contributed by atoms with Gasteiger partial charge in [0.1, 0.15) is 11.7 Å². The van der Waals surface area contributed by atoms with Crippen molar-refractivity contribution in [2.24, 2.45) is 16.6 Å². The summed E-state index contributed by atoms with van der Waals surface area (Å²) in [6.07, 6.45) is 0. The molecule has 3 rings (SSSR count). The molecule has 0 aliphatic carbocycles. The molecule has 3 N–H and O–H groups in total. The molecule has 0 aromatic heterocycles. The van der Waals surface area contributed by atoms with Crippen molar-refractivity contribution in [3.63, 3.8) is 0 Å². The van der Waals surface area contributed by atoms with Gasteiger partial charge in [-0.1, -0.05) is 12.1 Å². The number of rotatable bonds is 4. The third-order valence-electron chi connectivity index (χ3n) is 3.93. The Kier molecular flexibility index (Phi) is 4.37. The fourth-order valence-corrected chi connectivity index (χ4v) is 2.55. The molecule has 0 saturated heterocycles. The number of nitrogens with two attached hydrogens (primary N) is 1. The summed E-state index contributed by atoms with van der Waals surface area (Å²) >= 11 is 0. The normalized spacial score (nSPS) is 16.9. The minimum atomic E-state index is -0.481. The molecule has 1 aliphatic heterocycles. The number of benzene rings is 2. The molecule has 1 heterocycles. The molecule has 5 nitrogen and oxygen atoms in total. The number of primary amides is 1. The summed E-state index contributed by atoms with van der Waals surface area (Å²) in [5, 5.41) is 3.14. The van der Waals surface area contributed by atoms with Crippen LogP contribution >= 0.6 is 0 Å². The topological polar surface area (TPSA) is 84.6 Å². The number of halogens is 1. The molecular weight excluding hydrogens is 309 g/mol. The monoisotopic (exact) mass is 325 g/mol. The van der Waals surface area contributed by atoms with Gasteiger partial charge in [0.05, 0.1) is 12.5 Å². The second-order valence-electron chi connectivity index (χ2n) is 5.58. The first-order valence-electron chi connectivity index (χ1n) is 7.53. The van der Waals surface area contributed by atoms with Gasteiger partial charge >= 0.3 is 0 Å². The van der Waals surface area contributed by atoms with E-state index in [2.05, 4.69) is 10.3 Å². The number of ketones is 1. The number of aliphatic imine (C=N–C) groups is 1. The number of amides is 1. The first kappa shape index (κ1) is 15.9. The molecule has 24 heavy (non-hydrogen) atoms. The van der Waals surface area contributed by atoms with Crippen LogP contribution < -0.4 is 11.1 Å². The minimum absolute atomic E-state index is 0.0608. The second kappa shape index (κ2) is 6.62. The number of Topliss-reactive ketones (excluding diaryl/α,β-unsaturated/α-hetero) is 1. The minimum Gasteiger partial charge on any atom is -0.369 e. The van der Waals surface area contributed by atoms with Crippen LogP contribution in [0.25, 0.3) is 0 Å². The maximum Gasteiger partial charge on any atom is 0.248 e. The van der Waals surface area contributed by atoms with Gasteiger partial charge < -0.3 is 11.1 Å². The molecule has 0 saturated carbocycles. The van der Waals surface area contributed by atoms with Crippen LogP contribution in [0.2, 0.25) is 0 Å². The number of nitrogens with one attached hydrogen (secondary N) is 1. The highest BCUT2D eigenvalue weighted by Crippen LogP contribution is 2.14. The molecule has 6 heteroatoms. The van der Waals surface area contributed by atoms with E-state index in [1.165, 1.54) is 24.3 Å². The summed E-state index contributed by atoms with van der Waals surface area (Å²) in [5.41, 5.74) is 6.95. The summed E-state index contributed by atoms with van der Waals surface area (Å²) in [5.74, 6) is -0.522. The lowest BCUT2D eigenvalue weighted by Crippen LogP contribution is -2.39. The number of amidine groups is 1. The zero-order chi connectivity index (χ0) is 17.1. The van der Waals surface area contributed by atoms with E-state index < -0.39 is 5.91 Å². The molecular formula is C18H16FN3O2. The van der Waals surface area contributed by atoms with Crippen molar-refractivity contribution in [1.82, 2.24) is 5.32 Å². The zero-order valence-electron chi connectivity index (χ0n) is 12.8. The second-order valence-corrected chi connectivity index (χ2v) is 5.58. The number of carbonyl (C=O) groups is 2. The Morgan fingerprint density at radius 1 is 1.04 bits per heavy atom. The van der Waals surface area contributed by atoms with Gasteiger partial charge in [-0.15, -0.1) is 0 Å². The van der Waals surface area contributed by atoms with Gasteiger partial charge in [0.2, 0.25) is 5.91 Å². The number of carbonyl (C=O) groups excluding carboxylic acids is 2. The zero-order valence-corrected chi connectivity index (χ0v) is 12.8. The van der Waals surface area contributed by atoms with Crippen LogP contribution in [-0.2, 0) is 0 Å². The van der Waals surface area contributed by atoms with Gasteiger partial charge in [-0.3, -0.25) is 14.6 Å². The highest BCUT2D eigenvalue weighted by Gasteiger charge is 2.24. The first-order valence-corrected chi connectivity index (χ1v) is 7.53. The van der Waals surface area contributed by atoms with Gasteiger partial charge in [-0.2, -0.15) is 0 Å². The highest BCUT2D eigenvalue weighted by atomic mass is 19.1. The van der Waals surface area contributed by atoms with Crippen LogP contribution in [0, 0.1) is 11.7 Å². The molecule has 2 aromatic carbocycles. The van der Waals surface area contributed by atoms with Gasteiger partial charge in [-0.25, -0.2) is 4.39 Å². The van der Waals surface area contributed by atoms with Crippen LogP contribution in [-0.4, -0.2) is 30.6 Å². The van der Waals surface area contributed by atoms with E-state index in [9.17, 15) is 14.0 Å². The van der Waals surface area contributed by atoms with Gasteiger partial charge in [0.15, 0.2) is 5.78 Å². The van der Waals surface area contributed by atoms with Crippen molar-refractivity contribution in [1.29, 1.82) is 0 Å². The van der Waals surface area contributed by atoms with Crippen LogP contribution in [0.4, 0.5) is 4.39 Å². The van der Waals surface area contributed by atoms with Crippen LogP contribution in [0.1, 0.15) is 26.3 Å². The molecule has 0 radical (unpaired) electrons. The average Bonchev–Trinajstić information content (AvgIpc) is 2.62. The van der Waals surface area contributed by atoms with Crippen molar-refractivity contribution >= 4 is 17.5 Å². The van der Waals surface area contributed by atoms with Gasteiger partial charge in [-0.05, 0) is 36.4 Å². The number of hydrogen-bond acceptors (Lipinski definition) is 4. The van der Waals surface area contributed by atoms with Crippen LogP contribution in [0.5, 0.6) is 0 Å². The number of nitrogens with zero attached hydrogens (tertiary/aromatic N) is 1. The lowest BCUT2D eigenvalue weighted by molar-refractivity contribution is 0.0923. The predicted molar refractivity (Wildman–Crippen MR) is 88.6 cm³/mol. The molecule has 2 aromatic rings. The first-order chi connectivity index (χ1) is 11.5. The Morgan fingerprint density at radius 3 is 2.21 bits per heavy atom. The van der Waals surface area contributed by atoms with Gasteiger partial charge in [0.25, 0.3) is 0 Å². The maximum absolute atomic E-state index is 12.9. The average molecular weight is 325 g/mol. The predicted octanol–water partition coefficient (Wildman–Crippen LogP) is 1.77. The maximum atomic E-state index is 12.9. The third kappa shape index (κ3) is 3.32. The Labute approximate surface area is 138 Å². The van der Waals surface area contributed by atoms with Crippen LogP contribution in [0.15, 0.2) is 53.5 Å². The fraction of sp³-hybridized carbons (Fsp3) is 0.167. The summed E-state index contributed by atoms with van der Waals surface area (Å²) in [6.45, 7) is 0.808. The molecule has 0 spiro atoms. The van der Waals surface area contributed by atoms with Crippen molar-refractivity contribution in [2.45, 2.75) is 0 Å². The van der Waals surface area contributed by atoms with Crippen molar-refractivity contribution < 1.29 is 14.0 Å². The largest absolute Gasteiger partial charge is 0.369 e. The molecule has 0 fully saturated rings. The number of hydrogen-bond donors (Lipinski definition) is 2. The van der Waals surface area contributed by atoms with E-state index in [0.717, 1.165) is 5.56 Å². The van der Waals surface area contributed by atoms with Crippen LogP contribution in [0.3, 0.4) is 0 Å². The fourth-order valence-electron chi connectivity index (χ4n) is 2.55. The Hall–Kier alpha value is -3.02. The van der Waals surface area contributed by atoms with Crippen molar-refractivity contribution in [3.8, 4) is 0 Å². The van der Waals surface area contributed by atoms with E-state index in [-0.39, 0.29) is 17.5 Å². The molecule has 1 amide bonds. The quantitative estimate of drug-likeness (QED) is 0.840. The Bertz CT molecular complexity index is 798. The molecule has 1 unspecified atom stereocenters. The molecule has 0 bridgehead atoms. The summed E-state index contributed by atoms with van der Waals surface area (Å²) in [4.78, 5) is 27.9. The SMILES string of the molecule is NC(=O)c1ccc(C2=NCC(C(=O)c3ccc(F)cc3)CN2)cc1. The van der Waals surface area contributed by atoms with E-state index in [1.54, 1.807) is 24.3 Å². The van der Waals surface area contributed by atoms with E-state index in [4.69, 9.17) is 5.73 Å². The molecule has 122 valence electrons. The van der Waals surface area contributed by atoms with Crippen molar-refractivity contribution in [2.75, 3.05) is 13.1 Å². The smallest absolute Gasteiger partial charge is 0.248 e. The van der Waals surface area contributed by atoms with E-state index in [0.29, 0.717) is 30.1 Å². The lowest BCUT2D eigenvalue weighted by Gasteiger charge is -2.22. The molecule has 1 aliphatic rings. The molecule has 1 atom stereocenters.